The number of aliphatic carboxylic acids is 1. The average molecular weight is 410 g/mol. The molecule has 7 N–H and O–H groups in total. The van der Waals surface area contributed by atoms with Gasteiger partial charge in [-0.2, -0.15) is 0 Å². The minimum atomic E-state index is -1.47. The molecule has 1 aromatic heterocycles. The molecule has 1 fully saturated rings. The highest BCUT2D eigenvalue weighted by Gasteiger charge is 2.37. The number of imidazole rings is 1. The average Bonchev–Trinajstić information content (AvgIpc) is 3.36. The van der Waals surface area contributed by atoms with Gasteiger partial charge >= 0.3 is 5.97 Å². The molecule has 0 bridgehead atoms. The highest BCUT2D eigenvalue weighted by atomic mass is 16.4. The maximum absolute atomic E-state index is 12.7. The van der Waals surface area contributed by atoms with Crippen LogP contribution in [0.15, 0.2) is 12.5 Å². The van der Waals surface area contributed by atoms with Gasteiger partial charge in [0.15, 0.2) is 0 Å². The van der Waals surface area contributed by atoms with Crippen LogP contribution >= 0.6 is 0 Å². The molecule has 0 aliphatic carbocycles. The first-order valence-corrected chi connectivity index (χ1v) is 9.22. The molecule has 4 unspecified atom stereocenters. The molecule has 2 rings (SSSR count). The highest BCUT2D eigenvalue weighted by Crippen LogP contribution is 2.19. The molecule has 0 spiro atoms. The number of aliphatic hydroxyl groups is 1. The van der Waals surface area contributed by atoms with Gasteiger partial charge in [-0.3, -0.25) is 14.4 Å². The van der Waals surface area contributed by atoms with Crippen molar-refractivity contribution < 1.29 is 29.4 Å². The number of likely N-dealkylation sites (tertiary alicyclic amines) is 1. The maximum atomic E-state index is 12.7. The number of hydrogen-bond acceptors (Lipinski definition) is 7. The lowest BCUT2D eigenvalue weighted by atomic mass is 10.1. The molecule has 1 aliphatic heterocycles. The third-order valence-electron chi connectivity index (χ3n) is 4.70. The summed E-state index contributed by atoms with van der Waals surface area (Å²) < 4.78 is 0. The molecule has 12 nitrogen and oxygen atoms in total. The summed E-state index contributed by atoms with van der Waals surface area (Å²) in [6.45, 7) is 0.981. The van der Waals surface area contributed by atoms with Crippen LogP contribution in [0.3, 0.4) is 0 Å². The second-order valence-corrected chi connectivity index (χ2v) is 6.89. The topological polar surface area (TPSA) is 191 Å². The van der Waals surface area contributed by atoms with Gasteiger partial charge in [-0.1, -0.05) is 0 Å². The number of rotatable bonds is 9. The molecular formula is C17H26N6O6. The van der Waals surface area contributed by atoms with Crippen LogP contribution in [0.5, 0.6) is 0 Å². The number of carbonyl (C=O) groups excluding carboxylic acids is 3. The van der Waals surface area contributed by atoms with Crippen LogP contribution in [0.1, 0.15) is 25.5 Å². The number of carboxylic acid groups (broad SMARTS) is 1. The Labute approximate surface area is 166 Å². The van der Waals surface area contributed by atoms with Gasteiger partial charge in [0.1, 0.15) is 18.1 Å². The second kappa shape index (κ2) is 9.98. The van der Waals surface area contributed by atoms with E-state index in [9.17, 15) is 19.2 Å². The summed E-state index contributed by atoms with van der Waals surface area (Å²) in [4.78, 5) is 56.4. The Morgan fingerprint density at radius 1 is 1.38 bits per heavy atom. The number of nitrogens with zero attached hydrogens (tertiary/aromatic N) is 2. The lowest BCUT2D eigenvalue weighted by Gasteiger charge is -2.27. The first kappa shape index (κ1) is 22.3. The standard InChI is InChI=1S/C17H26N6O6/c1-9(14(25)22-12(7-24)17(28)29)21-15(26)13-3-2-4-23(13)16(27)11(18)5-10-6-19-8-20-10/h6,8-9,11-13,24H,2-5,7,18H2,1H3,(H,19,20)(H,21,26)(H,22,25)(H,28,29). The monoisotopic (exact) mass is 410 g/mol. The van der Waals surface area contributed by atoms with Crippen molar-refractivity contribution in [3.05, 3.63) is 18.2 Å². The Bertz CT molecular complexity index is 739. The van der Waals surface area contributed by atoms with Crippen LogP contribution in [-0.4, -0.2) is 86.1 Å². The van der Waals surface area contributed by atoms with Crippen LogP contribution in [-0.2, 0) is 25.6 Å². The number of aromatic nitrogens is 2. The predicted molar refractivity (Wildman–Crippen MR) is 99.3 cm³/mol. The molecule has 160 valence electrons. The van der Waals surface area contributed by atoms with E-state index in [1.54, 1.807) is 6.20 Å². The highest BCUT2D eigenvalue weighted by molar-refractivity contribution is 5.94. The number of nitrogens with one attached hydrogen (secondary N) is 3. The summed E-state index contributed by atoms with van der Waals surface area (Å²) in [7, 11) is 0. The molecule has 3 amide bonds. The van der Waals surface area contributed by atoms with Crippen molar-refractivity contribution in [3.8, 4) is 0 Å². The van der Waals surface area contributed by atoms with Gasteiger partial charge in [-0.15, -0.1) is 0 Å². The van der Waals surface area contributed by atoms with E-state index in [-0.39, 0.29) is 12.3 Å². The molecule has 2 heterocycles. The van der Waals surface area contributed by atoms with Crippen molar-refractivity contribution in [2.75, 3.05) is 13.2 Å². The number of carboxylic acids is 1. The molecule has 0 aromatic carbocycles. The molecule has 0 radical (unpaired) electrons. The van der Waals surface area contributed by atoms with Crippen LogP contribution < -0.4 is 16.4 Å². The normalized spacial score (nSPS) is 19.3. The molecule has 12 heteroatoms. The van der Waals surface area contributed by atoms with Crippen LogP contribution in [0.25, 0.3) is 0 Å². The van der Waals surface area contributed by atoms with Crippen molar-refractivity contribution in [2.24, 2.45) is 5.73 Å². The number of amides is 3. The lowest BCUT2D eigenvalue weighted by molar-refractivity contribution is -0.143. The van der Waals surface area contributed by atoms with Crippen LogP contribution in [0.4, 0.5) is 0 Å². The van der Waals surface area contributed by atoms with Crippen molar-refractivity contribution in [3.63, 3.8) is 0 Å². The summed E-state index contributed by atoms with van der Waals surface area (Å²) >= 11 is 0. The molecule has 1 aromatic rings. The molecule has 1 aliphatic rings. The second-order valence-electron chi connectivity index (χ2n) is 6.89. The van der Waals surface area contributed by atoms with Gasteiger partial charge < -0.3 is 36.5 Å². The maximum Gasteiger partial charge on any atom is 0.328 e. The SMILES string of the molecule is CC(NC(=O)C1CCCN1C(=O)C(N)Cc1cnc[nH]1)C(=O)NC(CO)C(=O)O. The summed E-state index contributed by atoms with van der Waals surface area (Å²) in [5.74, 6) is -3.05. The lowest BCUT2D eigenvalue weighted by Crippen LogP contribution is -2.56. The zero-order valence-electron chi connectivity index (χ0n) is 16.0. The van der Waals surface area contributed by atoms with E-state index in [1.807, 2.05) is 0 Å². The van der Waals surface area contributed by atoms with E-state index >= 15 is 0 Å². The fourth-order valence-electron chi connectivity index (χ4n) is 3.09. The van der Waals surface area contributed by atoms with E-state index in [2.05, 4.69) is 20.6 Å². The van der Waals surface area contributed by atoms with Gasteiger partial charge in [-0.05, 0) is 19.8 Å². The summed E-state index contributed by atoms with van der Waals surface area (Å²) in [5, 5.41) is 22.5. The number of aromatic amines is 1. The van der Waals surface area contributed by atoms with Gasteiger partial charge in [0.25, 0.3) is 0 Å². The fraction of sp³-hybridized carbons (Fsp3) is 0.588. The van der Waals surface area contributed by atoms with Gasteiger partial charge in [0, 0.05) is 24.9 Å². The van der Waals surface area contributed by atoms with Crippen LogP contribution in [0, 0.1) is 0 Å². The molecule has 0 saturated carbocycles. The minimum Gasteiger partial charge on any atom is -0.480 e. The van der Waals surface area contributed by atoms with Crippen LogP contribution in [0.2, 0.25) is 0 Å². The van der Waals surface area contributed by atoms with Crippen molar-refractivity contribution >= 4 is 23.7 Å². The molecule has 4 atom stereocenters. The number of carbonyl (C=O) groups is 4. The summed E-state index contributed by atoms with van der Waals surface area (Å²) in [5.41, 5.74) is 6.69. The Morgan fingerprint density at radius 2 is 2.10 bits per heavy atom. The first-order valence-electron chi connectivity index (χ1n) is 9.22. The smallest absolute Gasteiger partial charge is 0.328 e. The quantitative estimate of drug-likeness (QED) is 0.254. The molecule has 1 saturated heterocycles. The third kappa shape index (κ3) is 5.74. The van der Waals surface area contributed by atoms with E-state index in [0.29, 0.717) is 25.1 Å². The van der Waals surface area contributed by atoms with E-state index in [4.69, 9.17) is 15.9 Å². The zero-order chi connectivity index (χ0) is 21.6. The predicted octanol–water partition coefficient (Wildman–Crippen LogP) is -2.66. The zero-order valence-corrected chi connectivity index (χ0v) is 16.0. The Hall–Kier alpha value is -2.99. The molecule has 29 heavy (non-hydrogen) atoms. The van der Waals surface area contributed by atoms with E-state index in [0.717, 1.165) is 0 Å². The number of nitrogens with two attached hydrogens (primary N) is 1. The number of hydrogen-bond donors (Lipinski definition) is 6. The summed E-state index contributed by atoms with van der Waals surface area (Å²) in [6.07, 6.45) is 4.35. The van der Waals surface area contributed by atoms with E-state index < -0.39 is 48.6 Å². The van der Waals surface area contributed by atoms with E-state index in [1.165, 1.54) is 18.2 Å². The largest absolute Gasteiger partial charge is 0.480 e. The summed E-state index contributed by atoms with van der Waals surface area (Å²) in [6, 6.07) is -4.12. The first-order chi connectivity index (χ1) is 13.7. The Kier molecular flexibility index (Phi) is 7.67. The fourth-order valence-corrected chi connectivity index (χ4v) is 3.09. The number of aliphatic hydroxyl groups excluding tert-OH is 1. The molecular weight excluding hydrogens is 384 g/mol. The minimum absolute atomic E-state index is 0.250. The third-order valence-corrected chi connectivity index (χ3v) is 4.70. The Balaban J connectivity index is 1.93. The van der Waals surface area contributed by atoms with Gasteiger partial charge in [0.2, 0.25) is 17.7 Å². The van der Waals surface area contributed by atoms with Gasteiger partial charge in [-0.25, -0.2) is 9.78 Å². The van der Waals surface area contributed by atoms with Gasteiger partial charge in [0.05, 0.1) is 19.0 Å². The number of H-pyrrole nitrogens is 1. The van der Waals surface area contributed by atoms with Crippen molar-refractivity contribution in [1.29, 1.82) is 0 Å². The van der Waals surface area contributed by atoms with Crippen molar-refractivity contribution in [1.82, 2.24) is 25.5 Å². The Morgan fingerprint density at radius 3 is 2.69 bits per heavy atom. The van der Waals surface area contributed by atoms with Crippen molar-refractivity contribution in [2.45, 2.75) is 50.4 Å².